The fraction of sp³-hybridized carbons (Fsp3) is 0.650. The van der Waals surface area contributed by atoms with E-state index in [4.69, 9.17) is 0 Å². The zero-order valence-corrected chi connectivity index (χ0v) is 15.3. The SMILES string of the molecule is Cc1cc(C)cc(CN2CCN(CC(=O)N3CCCCC3)CC2)c1. The van der Waals surface area contributed by atoms with E-state index in [0.717, 1.165) is 45.8 Å². The molecule has 2 fully saturated rings. The maximum Gasteiger partial charge on any atom is 0.236 e. The molecule has 0 spiro atoms. The molecule has 2 saturated heterocycles. The smallest absolute Gasteiger partial charge is 0.236 e. The van der Waals surface area contributed by atoms with E-state index in [2.05, 4.69) is 46.7 Å². The summed E-state index contributed by atoms with van der Waals surface area (Å²) in [4.78, 5) is 19.3. The quantitative estimate of drug-likeness (QED) is 0.849. The van der Waals surface area contributed by atoms with Crippen LogP contribution in [-0.4, -0.2) is 66.4 Å². The summed E-state index contributed by atoms with van der Waals surface area (Å²) in [5.41, 5.74) is 4.09. The van der Waals surface area contributed by atoms with Gasteiger partial charge in [0.25, 0.3) is 0 Å². The molecule has 2 heterocycles. The number of piperazine rings is 1. The third-order valence-corrected chi connectivity index (χ3v) is 5.22. The molecule has 0 bridgehead atoms. The predicted octanol–water partition coefficient (Wildman–Crippen LogP) is 2.43. The van der Waals surface area contributed by atoms with Crippen LogP contribution in [0.5, 0.6) is 0 Å². The Bertz CT molecular complexity index is 538. The van der Waals surface area contributed by atoms with Crippen LogP contribution in [0.25, 0.3) is 0 Å². The molecule has 0 atom stereocenters. The van der Waals surface area contributed by atoms with Crippen LogP contribution in [0.3, 0.4) is 0 Å². The zero-order chi connectivity index (χ0) is 16.9. The molecule has 1 amide bonds. The molecule has 0 aromatic heterocycles. The van der Waals surface area contributed by atoms with E-state index in [9.17, 15) is 4.79 Å². The van der Waals surface area contributed by atoms with Crippen LogP contribution in [0.15, 0.2) is 18.2 Å². The minimum absolute atomic E-state index is 0.331. The van der Waals surface area contributed by atoms with E-state index in [1.54, 1.807) is 0 Å². The van der Waals surface area contributed by atoms with E-state index in [1.165, 1.54) is 36.0 Å². The average Bonchev–Trinajstić information content (AvgIpc) is 2.56. The van der Waals surface area contributed by atoms with Crippen LogP contribution in [0, 0.1) is 13.8 Å². The van der Waals surface area contributed by atoms with Gasteiger partial charge in [-0.2, -0.15) is 0 Å². The second-order valence-corrected chi connectivity index (χ2v) is 7.49. The van der Waals surface area contributed by atoms with Gasteiger partial charge in [-0.15, -0.1) is 0 Å². The Balaban J connectivity index is 1.44. The number of amides is 1. The number of carbonyl (C=O) groups excluding carboxylic acids is 1. The number of rotatable bonds is 4. The Kier molecular flexibility index (Phi) is 5.90. The van der Waals surface area contributed by atoms with Gasteiger partial charge in [0.05, 0.1) is 6.54 Å². The first-order valence-corrected chi connectivity index (χ1v) is 9.40. The first-order valence-electron chi connectivity index (χ1n) is 9.40. The summed E-state index contributed by atoms with van der Waals surface area (Å²) in [6, 6.07) is 6.81. The van der Waals surface area contributed by atoms with Gasteiger partial charge in [-0.25, -0.2) is 0 Å². The van der Waals surface area contributed by atoms with Crippen molar-refractivity contribution in [1.82, 2.24) is 14.7 Å². The van der Waals surface area contributed by atoms with E-state index >= 15 is 0 Å². The van der Waals surface area contributed by atoms with Gasteiger partial charge in [0.15, 0.2) is 0 Å². The van der Waals surface area contributed by atoms with Crippen molar-refractivity contribution in [3.63, 3.8) is 0 Å². The van der Waals surface area contributed by atoms with Crippen molar-refractivity contribution in [2.75, 3.05) is 45.8 Å². The van der Waals surface area contributed by atoms with Crippen LogP contribution in [-0.2, 0) is 11.3 Å². The van der Waals surface area contributed by atoms with E-state index in [0.29, 0.717) is 12.5 Å². The van der Waals surface area contributed by atoms with Crippen molar-refractivity contribution < 1.29 is 4.79 Å². The van der Waals surface area contributed by atoms with Crippen LogP contribution < -0.4 is 0 Å². The Morgan fingerprint density at radius 3 is 2.04 bits per heavy atom. The minimum atomic E-state index is 0.331. The molecule has 0 saturated carbocycles. The normalized spacial score (nSPS) is 20.3. The number of benzene rings is 1. The molecule has 0 radical (unpaired) electrons. The van der Waals surface area contributed by atoms with Gasteiger partial charge in [0, 0.05) is 45.8 Å². The standard InChI is InChI=1S/C20H31N3O/c1-17-12-18(2)14-19(13-17)15-21-8-10-22(11-9-21)16-20(24)23-6-4-3-5-7-23/h12-14H,3-11,15-16H2,1-2H3. The first kappa shape index (κ1) is 17.4. The molecule has 0 unspecified atom stereocenters. The minimum Gasteiger partial charge on any atom is -0.342 e. The Labute approximate surface area is 146 Å². The molecule has 2 aliphatic rings. The van der Waals surface area contributed by atoms with Gasteiger partial charge in [0.2, 0.25) is 5.91 Å². The second-order valence-electron chi connectivity index (χ2n) is 7.49. The monoisotopic (exact) mass is 329 g/mol. The van der Waals surface area contributed by atoms with Crippen LogP contribution >= 0.6 is 0 Å². The highest BCUT2D eigenvalue weighted by Crippen LogP contribution is 2.14. The summed E-state index contributed by atoms with van der Waals surface area (Å²) in [7, 11) is 0. The fourth-order valence-corrected chi connectivity index (χ4v) is 3.96. The van der Waals surface area contributed by atoms with Gasteiger partial charge < -0.3 is 4.90 Å². The molecule has 132 valence electrons. The summed E-state index contributed by atoms with van der Waals surface area (Å²) >= 11 is 0. The van der Waals surface area contributed by atoms with Crippen molar-refractivity contribution in [2.24, 2.45) is 0 Å². The maximum absolute atomic E-state index is 12.4. The first-order chi connectivity index (χ1) is 11.6. The number of hydrogen-bond acceptors (Lipinski definition) is 3. The number of aryl methyl sites for hydroxylation is 2. The Hall–Kier alpha value is -1.39. The maximum atomic E-state index is 12.4. The topological polar surface area (TPSA) is 26.8 Å². The average molecular weight is 329 g/mol. The molecule has 4 nitrogen and oxygen atoms in total. The van der Waals surface area contributed by atoms with Crippen molar-refractivity contribution in [2.45, 2.75) is 39.7 Å². The lowest BCUT2D eigenvalue weighted by Crippen LogP contribution is -2.50. The molecule has 0 aliphatic carbocycles. The summed E-state index contributed by atoms with van der Waals surface area (Å²) in [5, 5.41) is 0. The third kappa shape index (κ3) is 4.81. The predicted molar refractivity (Wildman–Crippen MR) is 98.1 cm³/mol. The number of nitrogens with zero attached hydrogens (tertiary/aromatic N) is 3. The Morgan fingerprint density at radius 2 is 1.42 bits per heavy atom. The van der Waals surface area contributed by atoms with Gasteiger partial charge in [-0.3, -0.25) is 14.6 Å². The highest BCUT2D eigenvalue weighted by Gasteiger charge is 2.22. The number of carbonyl (C=O) groups is 1. The van der Waals surface area contributed by atoms with Crippen LogP contribution in [0.1, 0.15) is 36.0 Å². The summed E-state index contributed by atoms with van der Waals surface area (Å²) in [6.45, 7) is 12.0. The highest BCUT2D eigenvalue weighted by atomic mass is 16.2. The van der Waals surface area contributed by atoms with Crippen molar-refractivity contribution in [3.8, 4) is 0 Å². The molecular formula is C20H31N3O. The zero-order valence-electron chi connectivity index (χ0n) is 15.3. The van der Waals surface area contributed by atoms with Gasteiger partial charge >= 0.3 is 0 Å². The summed E-state index contributed by atoms with van der Waals surface area (Å²) in [5.74, 6) is 0.331. The molecule has 24 heavy (non-hydrogen) atoms. The van der Waals surface area contributed by atoms with Crippen molar-refractivity contribution in [1.29, 1.82) is 0 Å². The fourth-order valence-electron chi connectivity index (χ4n) is 3.96. The van der Waals surface area contributed by atoms with Crippen LogP contribution in [0.4, 0.5) is 0 Å². The van der Waals surface area contributed by atoms with Gasteiger partial charge in [-0.1, -0.05) is 29.3 Å². The molecular weight excluding hydrogens is 298 g/mol. The van der Waals surface area contributed by atoms with Crippen molar-refractivity contribution >= 4 is 5.91 Å². The molecule has 4 heteroatoms. The molecule has 1 aromatic carbocycles. The van der Waals surface area contributed by atoms with E-state index < -0.39 is 0 Å². The van der Waals surface area contributed by atoms with E-state index in [1.807, 2.05) is 0 Å². The largest absolute Gasteiger partial charge is 0.342 e. The van der Waals surface area contributed by atoms with Crippen molar-refractivity contribution in [3.05, 3.63) is 34.9 Å². The lowest BCUT2D eigenvalue weighted by Gasteiger charge is -2.36. The summed E-state index contributed by atoms with van der Waals surface area (Å²) < 4.78 is 0. The highest BCUT2D eigenvalue weighted by molar-refractivity contribution is 5.78. The second kappa shape index (κ2) is 8.13. The molecule has 3 rings (SSSR count). The molecule has 0 N–H and O–H groups in total. The molecule has 2 aliphatic heterocycles. The van der Waals surface area contributed by atoms with E-state index in [-0.39, 0.29) is 0 Å². The van der Waals surface area contributed by atoms with Gasteiger partial charge in [-0.05, 0) is 38.7 Å². The van der Waals surface area contributed by atoms with Gasteiger partial charge in [0.1, 0.15) is 0 Å². The number of piperidine rings is 1. The Morgan fingerprint density at radius 1 is 0.833 bits per heavy atom. The third-order valence-electron chi connectivity index (χ3n) is 5.22. The lowest BCUT2D eigenvalue weighted by atomic mass is 10.1. The summed E-state index contributed by atoms with van der Waals surface area (Å²) in [6.07, 6.45) is 3.63. The number of likely N-dealkylation sites (tertiary alicyclic amines) is 1. The lowest BCUT2D eigenvalue weighted by molar-refractivity contribution is -0.133. The molecule has 1 aromatic rings. The van der Waals surface area contributed by atoms with Crippen LogP contribution in [0.2, 0.25) is 0 Å². The number of hydrogen-bond donors (Lipinski definition) is 0.